The molecule has 0 unspecified atom stereocenters. The third-order valence-electron chi connectivity index (χ3n) is 6.96. The van der Waals surface area contributed by atoms with E-state index in [0.717, 1.165) is 29.6 Å². The van der Waals surface area contributed by atoms with Crippen molar-refractivity contribution in [3.8, 4) is 5.75 Å². The molecule has 9 heteroatoms. The molecule has 4 aromatic rings. The van der Waals surface area contributed by atoms with E-state index in [1.165, 1.54) is 16.9 Å². The summed E-state index contributed by atoms with van der Waals surface area (Å²) in [5, 5.41) is 0. The van der Waals surface area contributed by atoms with E-state index in [1.54, 1.807) is 17.6 Å². The third kappa shape index (κ3) is 6.58. The highest BCUT2D eigenvalue weighted by atomic mass is 127. The lowest BCUT2D eigenvalue weighted by atomic mass is 9.91. The van der Waals surface area contributed by atoms with Crippen molar-refractivity contribution in [2.75, 3.05) is 13.2 Å². The van der Waals surface area contributed by atoms with Crippen LogP contribution in [0.1, 0.15) is 55.0 Å². The molecule has 1 atom stereocenters. The zero-order chi connectivity index (χ0) is 30.7. The maximum absolute atomic E-state index is 14.2. The number of thiazole rings is 1. The number of hydrogen-bond acceptors (Lipinski definition) is 6. The number of carbonyl (C=O) groups excluding carboxylic acids is 1. The number of fused-ring (bicyclic) bond motifs is 1. The standard InChI is InChI=1S/C34H30I2N2O4S/c1-5-16-42-31-25(35)17-21(18-26(31)36)19-27-32(39)38-30(24-14-12-22(13-15-24)20(3)4)28(33(40)41-6-2)29(37-34(38)43-27)23-10-8-7-9-11-23/h5,7-15,17-20,30H,1,6,16H2,2-4H3/b27-19-/t30-/m1/s1. The van der Waals surface area contributed by atoms with Crippen molar-refractivity contribution in [3.05, 3.63) is 134 Å². The summed E-state index contributed by atoms with van der Waals surface area (Å²) in [4.78, 5) is 33.3. The van der Waals surface area contributed by atoms with Gasteiger partial charge in [-0.15, -0.1) is 0 Å². The first-order valence-electron chi connectivity index (χ1n) is 13.8. The van der Waals surface area contributed by atoms with Crippen LogP contribution in [-0.2, 0) is 9.53 Å². The van der Waals surface area contributed by atoms with Gasteiger partial charge in [0.05, 0.1) is 35.6 Å². The van der Waals surface area contributed by atoms with Crippen molar-refractivity contribution in [2.24, 2.45) is 4.99 Å². The minimum absolute atomic E-state index is 0.206. The number of halogens is 2. The van der Waals surface area contributed by atoms with Gasteiger partial charge in [-0.25, -0.2) is 9.79 Å². The molecule has 0 spiro atoms. The molecule has 5 rings (SSSR count). The number of aromatic nitrogens is 1. The topological polar surface area (TPSA) is 69.9 Å². The monoisotopic (exact) mass is 816 g/mol. The highest BCUT2D eigenvalue weighted by molar-refractivity contribution is 14.1. The lowest BCUT2D eigenvalue weighted by Crippen LogP contribution is -2.40. The second-order valence-corrected chi connectivity index (χ2v) is 13.5. The van der Waals surface area contributed by atoms with E-state index in [4.69, 9.17) is 14.5 Å². The summed E-state index contributed by atoms with van der Waals surface area (Å²) in [7, 11) is 0. The molecule has 0 bridgehead atoms. The van der Waals surface area contributed by atoms with Crippen molar-refractivity contribution in [3.63, 3.8) is 0 Å². The number of esters is 1. The number of hydrogen-bond donors (Lipinski definition) is 0. The molecule has 0 saturated heterocycles. The predicted molar refractivity (Wildman–Crippen MR) is 189 cm³/mol. The fourth-order valence-corrected chi connectivity index (χ4v) is 8.04. The Bertz CT molecular complexity index is 1870. The first kappa shape index (κ1) is 31.4. The SMILES string of the molecule is C=CCOc1c(I)cc(/C=c2\sc3n(c2=O)[C@H](c2ccc(C(C)C)cc2)C(C(=O)OCC)=C(c2ccccc2)N=3)cc1I. The Morgan fingerprint density at radius 3 is 2.37 bits per heavy atom. The van der Waals surface area contributed by atoms with Crippen LogP contribution in [0.2, 0.25) is 0 Å². The number of rotatable bonds is 9. The summed E-state index contributed by atoms with van der Waals surface area (Å²) in [6, 6.07) is 21.0. The molecule has 0 fully saturated rings. The van der Waals surface area contributed by atoms with Gasteiger partial charge in [0.25, 0.3) is 5.56 Å². The molecule has 0 aliphatic carbocycles. The minimum Gasteiger partial charge on any atom is -0.487 e. The fraction of sp³-hybridized carbons (Fsp3) is 0.206. The van der Waals surface area contributed by atoms with Gasteiger partial charge >= 0.3 is 5.97 Å². The average molecular weight is 816 g/mol. The van der Waals surface area contributed by atoms with Gasteiger partial charge in [0, 0.05) is 5.56 Å². The number of nitrogens with zero attached hydrogens (tertiary/aromatic N) is 2. The maximum Gasteiger partial charge on any atom is 0.338 e. The Balaban J connectivity index is 1.76. The molecule has 2 heterocycles. The van der Waals surface area contributed by atoms with E-state index in [0.29, 0.717) is 33.1 Å². The van der Waals surface area contributed by atoms with Gasteiger partial charge in [0.2, 0.25) is 0 Å². The van der Waals surface area contributed by atoms with E-state index in [2.05, 4.69) is 77.7 Å². The number of carbonyl (C=O) groups is 1. The fourth-order valence-electron chi connectivity index (χ4n) is 4.91. The third-order valence-corrected chi connectivity index (χ3v) is 9.54. The summed E-state index contributed by atoms with van der Waals surface area (Å²) in [6.45, 7) is 10.4. The first-order chi connectivity index (χ1) is 20.7. The Morgan fingerprint density at radius 1 is 1.09 bits per heavy atom. The Hall–Kier alpha value is -3.03. The molecule has 220 valence electrons. The smallest absolute Gasteiger partial charge is 0.338 e. The van der Waals surface area contributed by atoms with Crippen molar-refractivity contribution in [1.82, 2.24) is 4.57 Å². The van der Waals surface area contributed by atoms with E-state index >= 15 is 0 Å². The number of benzene rings is 3. The highest BCUT2D eigenvalue weighted by Crippen LogP contribution is 2.36. The Labute approximate surface area is 281 Å². The van der Waals surface area contributed by atoms with E-state index in [1.807, 2.05) is 60.7 Å². The Morgan fingerprint density at radius 2 is 1.77 bits per heavy atom. The summed E-state index contributed by atoms with van der Waals surface area (Å²) in [6.07, 6.45) is 3.59. The van der Waals surface area contributed by atoms with Crippen molar-refractivity contribution in [1.29, 1.82) is 0 Å². The second kappa shape index (κ2) is 13.7. The van der Waals surface area contributed by atoms with Gasteiger partial charge < -0.3 is 9.47 Å². The molecular formula is C34H30I2N2O4S. The molecule has 0 radical (unpaired) electrons. The molecule has 0 saturated carbocycles. The minimum atomic E-state index is -0.705. The van der Waals surface area contributed by atoms with Crippen LogP contribution >= 0.6 is 56.5 Å². The van der Waals surface area contributed by atoms with Crippen LogP contribution < -0.4 is 19.6 Å². The van der Waals surface area contributed by atoms with Gasteiger partial charge in [0.15, 0.2) is 4.80 Å². The summed E-state index contributed by atoms with van der Waals surface area (Å²) in [5.41, 5.74) is 4.28. The summed E-state index contributed by atoms with van der Waals surface area (Å²) in [5.74, 6) is 0.641. The van der Waals surface area contributed by atoms with Gasteiger partial charge in [-0.2, -0.15) is 0 Å². The van der Waals surface area contributed by atoms with Crippen molar-refractivity contribution < 1.29 is 14.3 Å². The normalized spacial score (nSPS) is 14.8. The van der Waals surface area contributed by atoms with Crippen molar-refractivity contribution >= 4 is 74.3 Å². The van der Waals surface area contributed by atoms with Crippen LogP contribution in [0.25, 0.3) is 11.8 Å². The first-order valence-corrected chi connectivity index (χ1v) is 16.8. The highest BCUT2D eigenvalue weighted by Gasteiger charge is 2.35. The van der Waals surface area contributed by atoms with Gasteiger partial charge in [-0.1, -0.05) is 92.4 Å². The average Bonchev–Trinajstić information content (AvgIpc) is 3.30. The van der Waals surface area contributed by atoms with Crippen LogP contribution in [0.4, 0.5) is 0 Å². The largest absolute Gasteiger partial charge is 0.487 e. The summed E-state index contributed by atoms with van der Waals surface area (Å²) >= 11 is 5.80. The van der Waals surface area contributed by atoms with E-state index in [9.17, 15) is 9.59 Å². The molecule has 6 nitrogen and oxygen atoms in total. The molecule has 1 aliphatic rings. The lowest BCUT2D eigenvalue weighted by Gasteiger charge is -2.26. The predicted octanol–water partition coefficient (Wildman–Crippen LogP) is 6.83. The van der Waals surface area contributed by atoms with Gasteiger partial charge in [0.1, 0.15) is 12.4 Å². The molecule has 0 amide bonds. The molecule has 3 aromatic carbocycles. The van der Waals surface area contributed by atoms with Crippen LogP contribution in [0.15, 0.2) is 94.7 Å². The second-order valence-electron chi connectivity index (χ2n) is 10.2. The van der Waals surface area contributed by atoms with E-state index in [-0.39, 0.29) is 12.2 Å². The number of ether oxygens (including phenoxy) is 2. The zero-order valence-electron chi connectivity index (χ0n) is 24.0. The lowest BCUT2D eigenvalue weighted by molar-refractivity contribution is -0.138. The van der Waals surface area contributed by atoms with Gasteiger partial charge in [-0.3, -0.25) is 9.36 Å². The molecule has 1 aliphatic heterocycles. The van der Waals surface area contributed by atoms with Crippen LogP contribution in [-0.4, -0.2) is 23.8 Å². The molecule has 43 heavy (non-hydrogen) atoms. The zero-order valence-corrected chi connectivity index (χ0v) is 29.1. The summed E-state index contributed by atoms with van der Waals surface area (Å²) < 4.78 is 15.4. The van der Waals surface area contributed by atoms with Crippen molar-refractivity contribution in [2.45, 2.75) is 32.7 Å². The quantitative estimate of drug-likeness (QED) is 0.106. The molecule has 1 aromatic heterocycles. The molecule has 0 N–H and O–H groups in total. The van der Waals surface area contributed by atoms with Crippen LogP contribution in [0.5, 0.6) is 5.75 Å². The van der Waals surface area contributed by atoms with E-state index < -0.39 is 12.0 Å². The maximum atomic E-state index is 14.2. The Kier molecular flexibility index (Phi) is 10.0. The van der Waals surface area contributed by atoms with Gasteiger partial charge in [-0.05, 0) is 92.9 Å². The van der Waals surface area contributed by atoms with Crippen LogP contribution in [0, 0.1) is 7.14 Å². The van der Waals surface area contributed by atoms with Crippen LogP contribution in [0.3, 0.4) is 0 Å². The molecular weight excluding hydrogens is 786 g/mol.